The highest BCUT2D eigenvalue weighted by Gasteiger charge is 2.33. The molecule has 240 valence electrons. The van der Waals surface area contributed by atoms with E-state index in [2.05, 4.69) is 20.9 Å². The predicted molar refractivity (Wildman–Crippen MR) is 184 cm³/mol. The fraction of sp³-hybridized carbons (Fsp3) is 0.306. The molecule has 0 spiro atoms. The van der Waals surface area contributed by atoms with Gasteiger partial charge in [0.1, 0.15) is 6.04 Å². The Morgan fingerprint density at radius 3 is 2.35 bits per heavy atom. The molecule has 2 unspecified atom stereocenters. The van der Waals surface area contributed by atoms with Crippen LogP contribution >= 0.6 is 23.4 Å². The monoisotopic (exact) mass is 658 g/mol. The minimum atomic E-state index is -0.956. The minimum absolute atomic E-state index is 0.0610. The van der Waals surface area contributed by atoms with Crippen molar-refractivity contribution in [3.8, 4) is 0 Å². The van der Waals surface area contributed by atoms with Gasteiger partial charge in [-0.3, -0.25) is 9.78 Å². The summed E-state index contributed by atoms with van der Waals surface area (Å²) >= 11 is 7.81. The summed E-state index contributed by atoms with van der Waals surface area (Å²) in [6.07, 6.45) is 5.33. The number of para-hydroxylation sites is 1. The summed E-state index contributed by atoms with van der Waals surface area (Å²) in [5, 5.41) is 10.2. The second-order valence-electron chi connectivity index (χ2n) is 11.1. The Morgan fingerprint density at radius 1 is 0.935 bits per heavy atom. The van der Waals surface area contributed by atoms with Crippen molar-refractivity contribution in [2.75, 3.05) is 31.3 Å². The third kappa shape index (κ3) is 9.56. The first-order valence-corrected chi connectivity index (χ1v) is 16.8. The second-order valence-corrected chi connectivity index (χ2v) is 12.7. The van der Waals surface area contributed by atoms with Gasteiger partial charge in [-0.05, 0) is 78.4 Å². The number of pyridine rings is 1. The van der Waals surface area contributed by atoms with Crippen LogP contribution in [0.2, 0.25) is 5.02 Å². The number of alkyl carbamates (subject to hydrolysis) is 1. The number of nitrogens with one attached hydrogen (secondary N) is 3. The van der Waals surface area contributed by atoms with Crippen LogP contribution in [0.15, 0.2) is 108 Å². The number of benzene rings is 3. The van der Waals surface area contributed by atoms with Gasteiger partial charge in [0.25, 0.3) is 0 Å². The highest BCUT2D eigenvalue weighted by atomic mass is 35.5. The van der Waals surface area contributed by atoms with Crippen molar-refractivity contribution in [1.82, 2.24) is 15.6 Å². The van der Waals surface area contributed by atoms with Gasteiger partial charge >= 0.3 is 6.09 Å². The minimum Gasteiger partial charge on any atom is -0.453 e. The average Bonchev–Trinajstić information content (AvgIpc) is 3.09. The molecule has 1 fully saturated rings. The summed E-state index contributed by atoms with van der Waals surface area (Å²) in [6.45, 7) is 1.62. The van der Waals surface area contributed by atoms with Crippen molar-refractivity contribution >= 4 is 41.1 Å². The predicted octanol–water partition coefficient (Wildman–Crippen LogP) is 6.70. The molecule has 1 aliphatic heterocycles. The van der Waals surface area contributed by atoms with E-state index in [1.165, 1.54) is 12.0 Å². The van der Waals surface area contributed by atoms with Crippen molar-refractivity contribution in [3.05, 3.63) is 125 Å². The van der Waals surface area contributed by atoms with Crippen molar-refractivity contribution < 1.29 is 19.1 Å². The second kappa shape index (κ2) is 17.1. The number of halogens is 1. The van der Waals surface area contributed by atoms with Gasteiger partial charge in [-0.25, -0.2) is 4.79 Å². The van der Waals surface area contributed by atoms with E-state index in [0.717, 1.165) is 59.8 Å². The quantitative estimate of drug-likeness (QED) is 0.137. The summed E-state index contributed by atoms with van der Waals surface area (Å²) in [5.74, 6) is 0.129. The number of aromatic nitrogens is 1. The number of aryl methyl sites for hydroxylation is 1. The van der Waals surface area contributed by atoms with Crippen LogP contribution in [0, 0.1) is 0 Å². The number of anilines is 1. The number of carbonyl (C=O) groups is 2. The van der Waals surface area contributed by atoms with Crippen LogP contribution in [-0.2, 0) is 20.7 Å². The first-order valence-electron chi connectivity index (χ1n) is 15.4. The summed E-state index contributed by atoms with van der Waals surface area (Å²) in [4.78, 5) is 31.9. The maximum Gasteiger partial charge on any atom is 0.407 e. The molecule has 0 saturated carbocycles. The summed E-state index contributed by atoms with van der Waals surface area (Å²) in [7, 11) is 1.29. The number of morpholine rings is 1. The SMILES string of the molecule is COC(=O)NC(C(=O)Nc1ccccc1CC[C@@H]1CNC[C@@H](CCSc2ccc(Cl)cc2)O1)C(c1ccccc1)c1ccncc1. The van der Waals surface area contributed by atoms with Crippen LogP contribution in [-0.4, -0.2) is 61.2 Å². The topological polar surface area (TPSA) is 102 Å². The van der Waals surface area contributed by atoms with E-state index in [-0.39, 0.29) is 18.1 Å². The number of methoxy groups -OCH3 is 1. The third-order valence-electron chi connectivity index (χ3n) is 7.96. The molecule has 3 N–H and O–H groups in total. The zero-order valence-electron chi connectivity index (χ0n) is 25.7. The van der Waals surface area contributed by atoms with Gasteiger partial charge in [-0.2, -0.15) is 0 Å². The molecule has 10 heteroatoms. The number of ether oxygens (including phenoxy) is 2. The number of hydrogen-bond donors (Lipinski definition) is 3. The zero-order valence-corrected chi connectivity index (χ0v) is 27.3. The lowest BCUT2D eigenvalue weighted by atomic mass is 9.85. The lowest BCUT2D eigenvalue weighted by Gasteiger charge is -2.31. The first-order chi connectivity index (χ1) is 22.5. The highest BCUT2D eigenvalue weighted by Crippen LogP contribution is 2.30. The Kier molecular flexibility index (Phi) is 12.5. The van der Waals surface area contributed by atoms with E-state index >= 15 is 0 Å². The molecule has 46 heavy (non-hydrogen) atoms. The average molecular weight is 659 g/mol. The van der Waals surface area contributed by atoms with Crippen molar-refractivity contribution in [3.63, 3.8) is 0 Å². The van der Waals surface area contributed by atoms with Crippen LogP contribution in [0.5, 0.6) is 0 Å². The van der Waals surface area contributed by atoms with Gasteiger partial charge < -0.3 is 25.4 Å². The lowest BCUT2D eigenvalue weighted by Crippen LogP contribution is -2.48. The molecule has 4 atom stereocenters. The summed E-state index contributed by atoms with van der Waals surface area (Å²) in [6, 6.07) is 28.1. The Morgan fingerprint density at radius 2 is 1.61 bits per heavy atom. The fourth-order valence-electron chi connectivity index (χ4n) is 5.63. The smallest absolute Gasteiger partial charge is 0.407 e. The Balaban J connectivity index is 1.24. The molecular formula is C36H39ClN4O4S. The normalized spacial score (nSPS) is 17.4. The number of nitrogens with zero attached hydrogens (tertiary/aromatic N) is 1. The largest absolute Gasteiger partial charge is 0.453 e. The van der Waals surface area contributed by atoms with Gasteiger partial charge in [0.05, 0.1) is 19.3 Å². The van der Waals surface area contributed by atoms with Gasteiger partial charge in [0.2, 0.25) is 5.91 Å². The number of hydrogen-bond acceptors (Lipinski definition) is 7. The van der Waals surface area contributed by atoms with E-state index in [9.17, 15) is 9.59 Å². The van der Waals surface area contributed by atoms with Crippen LogP contribution in [0.25, 0.3) is 0 Å². The number of amides is 2. The molecular weight excluding hydrogens is 620 g/mol. The van der Waals surface area contributed by atoms with Crippen LogP contribution in [0.4, 0.5) is 10.5 Å². The standard InChI is InChI=1S/C36H39ClN4O4S/c1-44-36(43)41-34(33(26-8-3-2-4-9-26)27-17-20-38-21-18-27)35(42)40-32-10-6-5-7-25(32)11-14-29-23-39-24-30(45-29)19-22-46-31-15-12-28(37)13-16-31/h2-10,12-13,15-18,20-21,29-30,33-34,39H,11,14,19,22-24H2,1H3,(H,40,42)(H,41,43)/t29-,30-,33?,34?/m1/s1. The molecule has 4 aromatic rings. The molecule has 1 aliphatic rings. The summed E-state index contributed by atoms with van der Waals surface area (Å²) < 4.78 is 11.4. The zero-order chi connectivity index (χ0) is 32.1. The molecule has 1 aromatic heterocycles. The Labute approximate surface area is 279 Å². The maximum absolute atomic E-state index is 14.0. The number of rotatable bonds is 13. The van der Waals surface area contributed by atoms with Gasteiger partial charge in [-0.1, -0.05) is 60.1 Å². The molecule has 2 amide bonds. The maximum atomic E-state index is 14.0. The Hall–Kier alpha value is -3.89. The Bertz CT molecular complexity index is 1510. The highest BCUT2D eigenvalue weighted by molar-refractivity contribution is 7.99. The van der Waals surface area contributed by atoms with Crippen LogP contribution in [0.3, 0.4) is 0 Å². The van der Waals surface area contributed by atoms with E-state index in [1.807, 2.05) is 91.0 Å². The van der Waals surface area contributed by atoms with Crippen molar-refractivity contribution in [2.45, 2.75) is 48.3 Å². The van der Waals surface area contributed by atoms with Gasteiger partial charge in [0.15, 0.2) is 0 Å². The first kappa shape index (κ1) is 33.5. The molecule has 2 heterocycles. The van der Waals surface area contributed by atoms with E-state index < -0.39 is 18.1 Å². The summed E-state index contributed by atoms with van der Waals surface area (Å²) in [5.41, 5.74) is 3.41. The third-order valence-corrected chi connectivity index (χ3v) is 9.26. The molecule has 3 aromatic carbocycles. The molecule has 1 saturated heterocycles. The van der Waals surface area contributed by atoms with E-state index in [4.69, 9.17) is 21.1 Å². The van der Waals surface area contributed by atoms with E-state index in [0.29, 0.717) is 5.69 Å². The van der Waals surface area contributed by atoms with Gasteiger partial charge in [-0.15, -0.1) is 11.8 Å². The molecule has 0 bridgehead atoms. The van der Waals surface area contributed by atoms with Gasteiger partial charge in [0, 0.05) is 52.8 Å². The molecule has 0 aliphatic carbocycles. The van der Waals surface area contributed by atoms with Crippen molar-refractivity contribution in [2.24, 2.45) is 0 Å². The molecule has 5 rings (SSSR count). The molecule has 0 radical (unpaired) electrons. The fourth-order valence-corrected chi connectivity index (χ4v) is 6.71. The lowest BCUT2D eigenvalue weighted by molar-refractivity contribution is -0.118. The number of thioether (sulfide) groups is 1. The van der Waals surface area contributed by atoms with Crippen LogP contribution < -0.4 is 16.0 Å². The van der Waals surface area contributed by atoms with E-state index in [1.54, 1.807) is 24.2 Å². The van der Waals surface area contributed by atoms with Crippen molar-refractivity contribution in [1.29, 1.82) is 0 Å². The van der Waals surface area contributed by atoms with Crippen LogP contribution in [0.1, 0.15) is 35.4 Å². The molecule has 8 nitrogen and oxygen atoms in total. The number of carbonyl (C=O) groups excluding carboxylic acids is 2.